The molecule has 0 bridgehead atoms. The predicted molar refractivity (Wildman–Crippen MR) is 136 cm³/mol. The van der Waals surface area contributed by atoms with Crippen LogP contribution in [0.5, 0.6) is 0 Å². The van der Waals surface area contributed by atoms with Crippen molar-refractivity contribution in [2.24, 2.45) is 0 Å². The molecule has 34 heavy (non-hydrogen) atoms. The third kappa shape index (κ3) is 5.47. The van der Waals surface area contributed by atoms with Crippen molar-refractivity contribution >= 4 is 40.9 Å². The zero-order valence-electron chi connectivity index (χ0n) is 18.6. The first-order chi connectivity index (χ1) is 16.4. The van der Waals surface area contributed by atoms with Gasteiger partial charge in [-0.15, -0.1) is 10.2 Å². The van der Waals surface area contributed by atoms with E-state index in [2.05, 4.69) is 15.5 Å². The molecule has 7 nitrogen and oxygen atoms in total. The standard InChI is InChI=1S/C25H22ClN5O2S/c1-30(2)24(33)18-7-6-8-20(15-18)27-22(32)16-34-25-29-28-23(17-11-13-19(26)14-12-17)31(25)21-9-4-3-5-10-21/h3-15H,16H2,1-2H3,(H,27,32). The van der Waals surface area contributed by atoms with Crippen LogP contribution in [-0.4, -0.2) is 51.3 Å². The molecule has 4 rings (SSSR count). The molecule has 0 aliphatic heterocycles. The number of anilines is 1. The van der Waals surface area contributed by atoms with E-state index in [0.717, 1.165) is 11.3 Å². The van der Waals surface area contributed by atoms with Crippen LogP contribution in [0.4, 0.5) is 5.69 Å². The molecule has 0 aliphatic carbocycles. The van der Waals surface area contributed by atoms with Crippen LogP contribution in [0, 0.1) is 0 Å². The maximum atomic E-state index is 12.7. The number of benzene rings is 3. The van der Waals surface area contributed by atoms with Crippen LogP contribution < -0.4 is 5.32 Å². The number of amides is 2. The Bertz CT molecular complexity index is 1310. The van der Waals surface area contributed by atoms with E-state index >= 15 is 0 Å². The second-order valence-electron chi connectivity index (χ2n) is 7.60. The summed E-state index contributed by atoms with van der Waals surface area (Å²) in [6, 6.07) is 24.0. The number of thioether (sulfide) groups is 1. The first kappa shape index (κ1) is 23.5. The van der Waals surface area contributed by atoms with Crippen molar-refractivity contribution in [3.63, 3.8) is 0 Å². The topological polar surface area (TPSA) is 80.1 Å². The lowest BCUT2D eigenvalue weighted by Gasteiger charge is -2.12. The summed E-state index contributed by atoms with van der Waals surface area (Å²) < 4.78 is 1.91. The molecule has 2 amide bonds. The minimum absolute atomic E-state index is 0.122. The summed E-state index contributed by atoms with van der Waals surface area (Å²) >= 11 is 7.32. The van der Waals surface area contributed by atoms with Gasteiger partial charge in [0.05, 0.1) is 5.75 Å². The van der Waals surface area contributed by atoms with Gasteiger partial charge >= 0.3 is 0 Å². The molecular weight excluding hydrogens is 470 g/mol. The van der Waals surface area contributed by atoms with Crippen LogP contribution in [-0.2, 0) is 4.79 Å². The Hall–Kier alpha value is -3.62. The van der Waals surface area contributed by atoms with E-state index in [0.29, 0.717) is 27.3 Å². The van der Waals surface area contributed by atoms with Crippen LogP contribution in [0.3, 0.4) is 0 Å². The van der Waals surface area contributed by atoms with E-state index < -0.39 is 0 Å². The Morgan fingerprint density at radius 2 is 1.71 bits per heavy atom. The van der Waals surface area contributed by atoms with Crippen molar-refractivity contribution in [2.75, 3.05) is 25.2 Å². The lowest BCUT2D eigenvalue weighted by molar-refractivity contribution is -0.113. The smallest absolute Gasteiger partial charge is 0.253 e. The fourth-order valence-electron chi connectivity index (χ4n) is 3.27. The van der Waals surface area contributed by atoms with Gasteiger partial charge in [-0.1, -0.05) is 47.6 Å². The summed E-state index contributed by atoms with van der Waals surface area (Å²) in [6.45, 7) is 0. The number of carbonyl (C=O) groups excluding carboxylic acids is 2. The van der Waals surface area contributed by atoms with Crippen LogP contribution in [0.1, 0.15) is 10.4 Å². The third-order valence-electron chi connectivity index (χ3n) is 4.88. The summed E-state index contributed by atoms with van der Waals surface area (Å²) in [7, 11) is 3.37. The van der Waals surface area contributed by atoms with Gasteiger partial charge in [-0.25, -0.2) is 0 Å². The minimum Gasteiger partial charge on any atom is -0.345 e. The number of nitrogens with one attached hydrogen (secondary N) is 1. The molecular formula is C25H22ClN5O2S. The molecule has 3 aromatic carbocycles. The highest BCUT2D eigenvalue weighted by Gasteiger charge is 2.17. The molecule has 0 saturated heterocycles. The predicted octanol–water partition coefficient (Wildman–Crippen LogP) is 5.02. The number of hydrogen-bond donors (Lipinski definition) is 1. The van der Waals surface area contributed by atoms with Gasteiger partial charge in [0.2, 0.25) is 5.91 Å². The number of rotatable bonds is 7. The molecule has 1 N–H and O–H groups in total. The van der Waals surface area contributed by atoms with Crippen LogP contribution in [0.15, 0.2) is 84.0 Å². The van der Waals surface area contributed by atoms with Crippen molar-refractivity contribution in [3.05, 3.63) is 89.4 Å². The van der Waals surface area contributed by atoms with Crippen LogP contribution in [0.25, 0.3) is 17.1 Å². The molecule has 0 fully saturated rings. The third-order valence-corrected chi connectivity index (χ3v) is 6.06. The van der Waals surface area contributed by atoms with Gasteiger partial charge < -0.3 is 10.2 Å². The summed E-state index contributed by atoms with van der Waals surface area (Å²) in [5, 5.41) is 12.8. The number of carbonyl (C=O) groups is 2. The molecule has 1 aromatic heterocycles. The highest BCUT2D eigenvalue weighted by atomic mass is 35.5. The molecule has 0 unspecified atom stereocenters. The average molecular weight is 492 g/mol. The van der Waals surface area contributed by atoms with Crippen molar-refractivity contribution in [3.8, 4) is 17.1 Å². The van der Waals surface area contributed by atoms with Crippen LogP contribution in [0.2, 0.25) is 5.02 Å². The van der Waals surface area contributed by atoms with E-state index in [1.165, 1.54) is 16.7 Å². The lowest BCUT2D eigenvalue weighted by atomic mass is 10.2. The Balaban J connectivity index is 1.53. The molecule has 9 heteroatoms. The van der Waals surface area contributed by atoms with Gasteiger partial charge in [0, 0.05) is 41.6 Å². The SMILES string of the molecule is CN(C)C(=O)c1cccc(NC(=O)CSc2nnc(-c3ccc(Cl)cc3)n2-c2ccccc2)c1. The lowest BCUT2D eigenvalue weighted by Crippen LogP contribution is -2.22. The van der Waals surface area contributed by atoms with E-state index in [-0.39, 0.29) is 17.6 Å². The van der Waals surface area contributed by atoms with E-state index in [1.807, 2.05) is 47.0 Å². The number of hydrogen-bond acceptors (Lipinski definition) is 5. The first-order valence-electron chi connectivity index (χ1n) is 10.4. The van der Waals surface area contributed by atoms with Crippen LogP contribution >= 0.6 is 23.4 Å². The zero-order valence-corrected chi connectivity index (χ0v) is 20.2. The number of para-hydroxylation sites is 1. The highest BCUT2D eigenvalue weighted by molar-refractivity contribution is 7.99. The average Bonchev–Trinajstić information content (AvgIpc) is 3.27. The summed E-state index contributed by atoms with van der Waals surface area (Å²) in [6.07, 6.45) is 0. The molecule has 0 radical (unpaired) electrons. The molecule has 0 atom stereocenters. The van der Waals surface area contributed by atoms with Gasteiger partial charge in [-0.05, 0) is 54.6 Å². The highest BCUT2D eigenvalue weighted by Crippen LogP contribution is 2.28. The Morgan fingerprint density at radius 3 is 2.41 bits per heavy atom. The molecule has 4 aromatic rings. The number of aromatic nitrogens is 3. The molecule has 1 heterocycles. The Labute approximate surface area is 206 Å². The summed E-state index contributed by atoms with van der Waals surface area (Å²) in [5.41, 5.74) is 2.81. The van der Waals surface area contributed by atoms with Crippen molar-refractivity contribution < 1.29 is 9.59 Å². The zero-order chi connectivity index (χ0) is 24.1. The second kappa shape index (κ2) is 10.5. The fraction of sp³-hybridized carbons (Fsp3) is 0.120. The molecule has 0 aliphatic rings. The van der Waals surface area contributed by atoms with Crippen molar-refractivity contribution in [1.29, 1.82) is 0 Å². The Morgan fingerprint density at radius 1 is 0.971 bits per heavy atom. The summed E-state index contributed by atoms with van der Waals surface area (Å²) in [4.78, 5) is 26.3. The van der Waals surface area contributed by atoms with Crippen molar-refractivity contribution in [1.82, 2.24) is 19.7 Å². The number of nitrogens with zero attached hydrogens (tertiary/aromatic N) is 4. The maximum absolute atomic E-state index is 12.7. The van der Waals surface area contributed by atoms with Gasteiger partial charge in [0.25, 0.3) is 5.91 Å². The van der Waals surface area contributed by atoms with Crippen molar-refractivity contribution in [2.45, 2.75) is 5.16 Å². The fourth-order valence-corrected chi connectivity index (χ4v) is 4.15. The molecule has 0 spiro atoms. The number of halogens is 1. The van der Waals surface area contributed by atoms with Gasteiger partial charge in [-0.2, -0.15) is 0 Å². The quantitative estimate of drug-likeness (QED) is 0.367. The minimum atomic E-state index is -0.213. The summed E-state index contributed by atoms with van der Waals surface area (Å²) in [5.74, 6) is 0.434. The Kier molecular flexibility index (Phi) is 7.30. The first-order valence-corrected chi connectivity index (χ1v) is 11.8. The second-order valence-corrected chi connectivity index (χ2v) is 8.98. The van der Waals surface area contributed by atoms with Gasteiger partial charge in [0.1, 0.15) is 0 Å². The normalized spacial score (nSPS) is 10.7. The van der Waals surface area contributed by atoms with Gasteiger partial charge in [-0.3, -0.25) is 14.2 Å². The molecule has 0 saturated carbocycles. The monoisotopic (exact) mass is 491 g/mol. The van der Waals surface area contributed by atoms with E-state index in [1.54, 1.807) is 50.5 Å². The largest absolute Gasteiger partial charge is 0.345 e. The van der Waals surface area contributed by atoms with E-state index in [9.17, 15) is 9.59 Å². The maximum Gasteiger partial charge on any atom is 0.253 e. The van der Waals surface area contributed by atoms with E-state index in [4.69, 9.17) is 11.6 Å². The molecule has 172 valence electrons. The van der Waals surface area contributed by atoms with Gasteiger partial charge in [0.15, 0.2) is 11.0 Å².